The van der Waals surface area contributed by atoms with Gasteiger partial charge in [0.2, 0.25) is 5.91 Å². The summed E-state index contributed by atoms with van der Waals surface area (Å²) in [6.07, 6.45) is 5.12. The Balaban J connectivity index is 1.54. The number of nitrogens with one attached hydrogen (secondary N) is 2. The maximum absolute atomic E-state index is 12.3. The van der Waals surface area contributed by atoms with E-state index in [-0.39, 0.29) is 11.9 Å². The monoisotopic (exact) mass is 320 g/mol. The zero-order valence-electron chi connectivity index (χ0n) is 14.1. The first kappa shape index (κ1) is 16.3. The van der Waals surface area contributed by atoms with Crippen LogP contribution in [0.25, 0.3) is 10.9 Å². The molecule has 1 heterocycles. The van der Waals surface area contributed by atoms with Gasteiger partial charge in [-0.25, -0.2) is 0 Å². The first-order valence-corrected chi connectivity index (χ1v) is 8.64. The Labute approximate surface area is 143 Å². The van der Waals surface area contributed by atoms with Gasteiger partial charge in [0, 0.05) is 29.6 Å². The van der Waals surface area contributed by atoms with E-state index in [1.165, 1.54) is 16.5 Å². The second-order valence-electron chi connectivity index (χ2n) is 6.22. The van der Waals surface area contributed by atoms with Crippen LogP contribution < -0.4 is 5.32 Å². The lowest BCUT2D eigenvalue weighted by Crippen LogP contribution is -2.36. The van der Waals surface area contributed by atoms with Gasteiger partial charge in [-0.3, -0.25) is 4.79 Å². The number of benzene rings is 2. The van der Waals surface area contributed by atoms with Gasteiger partial charge >= 0.3 is 0 Å². The van der Waals surface area contributed by atoms with Gasteiger partial charge in [0.25, 0.3) is 0 Å². The molecule has 0 spiro atoms. The van der Waals surface area contributed by atoms with Crippen LogP contribution in [0.2, 0.25) is 0 Å². The number of amides is 1. The van der Waals surface area contributed by atoms with Gasteiger partial charge in [0.05, 0.1) is 0 Å². The van der Waals surface area contributed by atoms with E-state index in [1.807, 2.05) is 36.5 Å². The van der Waals surface area contributed by atoms with E-state index in [0.717, 1.165) is 24.8 Å². The highest BCUT2D eigenvalue weighted by molar-refractivity contribution is 5.84. The van der Waals surface area contributed by atoms with E-state index in [2.05, 4.69) is 41.5 Å². The number of para-hydroxylation sites is 1. The van der Waals surface area contributed by atoms with Crippen molar-refractivity contribution in [1.29, 1.82) is 0 Å². The summed E-state index contributed by atoms with van der Waals surface area (Å²) in [7, 11) is 0. The fourth-order valence-corrected chi connectivity index (χ4v) is 3.08. The molecule has 0 fully saturated rings. The largest absolute Gasteiger partial charge is 0.361 e. The van der Waals surface area contributed by atoms with E-state index in [4.69, 9.17) is 0 Å². The van der Waals surface area contributed by atoms with Gasteiger partial charge in [-0.1, -0.05) is 55.5 Å². The molecule has 0 aliphatic carbocycles. The lowest BCUT2D eigenvalue weighted by Gasteiger charge is -2.17. The lowest BCUT2D eigenvalue weighted by molar-refractivity contribution is -0.121. The summed E-state index contributed by atoms with van der Waals surface area (Å²) in [6, 6.07) is 18.7. The van der Waals surface area contributed by atoms with Crippen molar-refractivity contribution in [2.75, 3.05) is 0 Å². The third-order valence-corrected chi connectivity index (χ3v) is 4.48. The van der Waals surface area contributed by atoms with E-state index in [1.54, 1.807) is 0 Å². The van der Waals surface area contributed by atoms with E-state index in [9.17, 15) is 4.79 Å². The van der Waals surface area contributed by atoms with Crippen LogP contribution in [0.15, 0.2) is 60.8 Å². The van der Waals surface area contributed by atoms with Gasteiger partial charge in [-0.15, -0.1) is 0 Å². The van der Waals surface area contributed by atoms with Crippen molar-refractivity contribution >= 4 is 16.8 Å². The Hall–Kier alpha value is -2.55. The standard InChI is InChI=1S/C21H24N2O/c1-2-18(14-16-8-4-3-5-9-16)23-21(24)13-12-17-15-22-20-11-7-6-10-19(17)20/h3-11,15,18,22H,2,12-14H2,1H3,(H,23,24). The molecule has 3 aromatic rings. The topological polar surface area (TPSA) is 44.9 Å². The highest BCUT2D eigenvalue weighted by atomic mass is 16.1. The van der Waals surface area contributed by atoms with Crippen molar-refractivity contribution < 1.29 is 4.79 Å². The third-order valence-electron chi connectivity index (χ3n) is 4.48. The molecule has 3 rings (SSSR count). The molecule has 2 aromatic carbocycles. The zero-order valence-corrected chi connectivity index (χ0v) is 14.1. The summed E-state index contributed by atoms with van der Waals surface area (Å²) in [5.74, 6) is 0.128. The van der Waals surface area contributed by atoms with Crippen LogP contribution in [0.4, 0.5) is 0 Å². The molecule has 0 aliphatic rings. The number of carbonyl (C=O) groups excluding carboxylic acids is 1. The van der Waals surface area contributed by atoms with Gasteiger partial charge in [0.15, 0.2) is 0 Å². The van der Waals surface area contributed by atoms with Crippen LogP contribution in [-0.4, -0.2) is 16.9 Å². The molecule has 0 saturated carbocycles. The van der Waals surface area contributed by atoms with Crippen molar-refractivity contribution in [3.63, 3.8) is 0 Å². The number of aromatic nitrogens is 1. The van der Waals surface area contributed by atoms with Crippen molar-refractivity contribution in [3.05, 3.63) is 71.9 Å². The fraction of sp³-hybridized carbons (Fsp3) is 0.286. The Morgan fingerprint density at radius 2 is 1.83 bits per heavy atom. The summed E-state index contributed by atoms with van der Waals surface area (Å²) < 4.78 is 0. The molecule has 0 aliphatic heterocycles. The van der Waals surface area contributed by atoms with Crippen molar-refractivity contribution in [1.82, 2.24) is 10.3 Å². The molecular formula is C21H24N2O. The van der Waals surface area contributed by atoms with E-state index in [0.29, 0.717) is 6.42 Å². The smallest absolute Gasteiger partial charge is 0.220 e. The molecule has 1 unspecified atom stereocenters. The predicted octanol–water partition coefficient (Wildman–Crippen LogP) is 4.24. The van der Waals surface area contributed by atoms with Gasteiger partial charge in [-0.05, 0) is 36.5 Å². The normalized spacial score (nSPS) is 12.2. The summed E-state index contributed by atoms with van der Waals surface area (Å²) in [5.41, 5.74) is 3.60. The average molecular weight is 320 g/mol. The number of aromatic amines is 1. The van der Waals surface area contributed by atoms with Crippen LogP contribution >= 0.6 is 0 Å². The van der Waals surface area contributed by atoms with Crippen LogP contribution in [0.5, 0.6) is 0 Å². The molecule has 3 heteroatoms. The first-order chi connectivity index (χ1) is 11.8. The maximum atomic E-state index is 12.3. The number of hydrogen-bond donors (Lipinski definition) is 2. The Bertz CT molecular complexity index is 792. The van der Waals surface area contributed by atoms with Gasteiger partial charge < -0.3 is 10.3 Å². The number of fused-ring (bicyclic) bond motifs is 1. The molecule has 124 valence electrons. The molecule has 3 nitrogen and oxygen atoms in total. The van der Waals surface area contributed by atoms with E-state index >= 15 is 0 Å². The van der Waals surface area contributed by atoms with Crippen molar-refractivity contribution in [2.45, 2.75) is 38.6 Å². The minimum absolute atomic E-state index is 0.128. The minimum atomic E-state index is 0.128. The SMILES string of the molecule is CCC(Cc1ccccc1)NC(=O)CCc1c[nH]c2ccccc12. The summed E-state index contributed by atoms with van der Waals surface area (Å²) >= 11 is 0. The molecule has 0 radical (unpaired) electrons. The van der Waals surface area contributed by atoms with Crippen molar-refractivity contribution in [2.24, 2.45) is 0 Å². The van der Waals surface area contributed by atoms with Crippen LogP contribution in [0, 0.1) is 0 Å². The van der Waals surface area contributed by atoms with Crippen LogP contribution in [-0.2, 0) is 17.6 Å². The van der Waals surface area contributed by atoms with Crippen LogP contribution in [0.1, 0.15) is 30.9 Å². The maximum Gasteiger partial charge on any atom is 0.220 e. The molecule has 0 saturated heterocycles. The molecule has 0 bridgehead atoms. The number of carbonyl (C=O) groups is 1. The third kappa shape index (κ3) is 4.05. The molecule has 1 amide bonds. The molecule has 24 heavy (non-hydrogen) atoms. The molecule has 1 atom stereocenters. The molecular weight excluding hydrogens is 296 g/mol. The number of rotatable bonds is 7. The predicted molar refractivity (Wildman–Crippen MR) is 99.0 cm³/mol. The Morgan fingerprint density at radius 1 is 1.08 bits per heavy atom. The molecule has 2 N–H and O–H groups in total. The van der Waals surface area contributed by atoms with Crippen LogP contribution in [0.3, 0.4) is 0 Å². The minimum Gasteiger partial charge on any atom is -0.361 e. The fourth-order valence-electron chi connectivity index (χ4n) is 3.08. The highest BCUT2D eigenvalue weighted by Gasteiger charge is 2.12. The van der Waals surface area contributed by atoms with Gasteiger partial charge in [0.1, 0.15) is 0 Å². The summed E-state index contributed by atoms with van der Waals surface area (Å²) in [4.78, 5) is 15.6. The van der Waals surface area contributed by atoms with Gasteiger partial charge in [-0.2, -0.15) is 0 Å². The average Bonchev–Trinajstić information content (AvgIpc) is 3.03. The quantitative estimate of drug-likeness (QED) is 0.672. The summed E-state index contributed by atoms with van der Waals surface area (Å²) in [6.45, 7) is 2.12. The van der Waals surface area contributed by atoms with Crippen molar-refractivity contribution in [3.8, 4) is 0 Å². The number of H-pyrrole nitrogens is 1. The molecule has 1 aromatic heterocycles. The Kier molecular flexibility index (Phi) is 5.32. The Morgan fingerprint density at radius 3 is 2.62 bits per heavy atom. The first-order valence-electron chi connectivity index (χ1n) is 8.64. The van der Waals surface area contributed by atoms with E-state index < -0.39 is 0 Å². The zero-order chi connectivity index (χ0) is 16.8. The number of hydrogen-bond acceptors (Lipinski definition) is 1. The highest BCUT2D eigenvalue weighted by Crippen LogP contribution is 2.19. The second-order valence-corrected chi connectivity index (χ2v) is 6.22. The summed E-state index contributed by atoms with van der Waals surface area (Å²) in [5, 5.41) is 4.39. The second kappa shape index (κ2) is 7.82. The number of aryl methyl sites for hydroxylation is 1. The lowest BCUT2D eigenvalue weighted by atomic mass is 10.0.